The van der Waals surface area contributed by atoms with E-state index < -0.39 is 0 Å². The summed E-state index contributed by atoms with van der Waals surface area (Å²) in [4.78, 5) is 13.3. The lowest BCUT2D eigenvalue weighted by atomic mass is 9.87. The zero-order chi connectivity index (χ0) is 25.6. The number of hydrogen-bond acceptors (Lipinski definition) is 1. The lowest BCUT2D eigenvalue weighted by molar-refractivity contribution is -0.121. The molecule has 0 saturated heterocycles. The Balaban J connectivity index is 1.34. The quantitative estimate of drug-likeness (QED) is 0.232. The molecule has 0 aliphatic heterocycles. The second kappa shape index (κ2) is 11.3. The third-order valence-corrected chi connectivity index (χ3v) is 7.33. The lowest BCUT2D eigenvalue weighted by Crippen LogP contribution is -2.27. The Morgan fingerprint density at radius 2 is 1.30 bits per heavy atom. The number of nitrogens with zero attached hydrogens (tertiary/aromatic N) is 1. The molecular formula is C34H34N2O. The van der Waals surface area contributed by atoms with Crippen LogP contribution in [0.15, 0.2) is 115 Å². The minimum Gasteiger partial charge on any atom is -0.356 e. The van der Waals surface area contributed by atoms with E-state index in [1.54, 1.807) is 0 Å². The van der Waals surface area contributed by atoms with Gasteiger partial charge in [-0.25, -0.2) is 0 Å². The van der Waals surface area contributed by atoms with E-state index in [0.29, 0.717) is 13.0 Å². The Labute approximate surface area is 219 Å². The highest BCUT2D eigenvalue weighted by Gasteiger charge is 2.22. The SMILES string of the molecule is Cc1ccc([C@H](CC(=O)NCCC(c2ccccc2)c2ccccc2)c2cn(C)c3ccccc23)cc1. The summed E-state index contributed by atoms with van der Waals surface area (Å²) in [5.74, 6) is 0.317. The molecule has 1 aromatic heterocycles. The maximum absolute atomic E-state index is 13.3. The van der Waals surface area contributed by atoms with Crippen LogP contribution in [0.2, 0.25) is 0 Å². The first-order valence-electron chi connectivity index (χ1n) is 13.1. The van der Waals surface area contributed by atoms with Crippen molar-refractivity contribution in [3.63, 3.8) is 0 Å². The van der Waals surface area contributed by atoms with Crippen molar-refractivity contribution in [3.05, 3.63) is 143 Å². The first-order valence-corrected chi connectivity index (χ1v) is 13.1. The zero-order valence-electron chi connectivity index (χ0n) is 21.6. The van der Waals surface area contributed by atoms with Crippen molar-refractivity contribution in [2.24, 2.45) is 7.05 Å². The highest BCUT2D eigenvalue weighted by Crippen LogP contribution is 2.35. The Morgan fingerprint density at radius 3 is 1.95 bits per heavy atom. The van der Waals surface area contributed by atoms with Gasteiger partial charge in [-0.15, -0.1) is 0 Å². The third-order valence-electron chi connectivity index (χ3n) is 7.33. The molecule has 1 amide bonds. The molecule has 0 aliphatic rings. The van der Waals surface area contributed by atoms with Gasteiger partial charge in [0.15, 0.2) is 0 Å². The summed E-state index contributed by atoms with van der Waals surface area (Å²) in [6.45, 7) is 2.72. The molecule has 0 radical (unpaired) electrons. The molecule has 3 heteroatoms. The van der Waals surface area contributed by atoms with E-state index in [0.717, 1.165) is 6.42 Å². The van der Waals surface area contributed by atoms with Crippen LogP contribution in [-0.4, -0.2) is 17.0 Å². The van der Waals surface area contributed by atoms with Crippen LogP contribution < -0.4 is 5.32 Å². The Morgan fingerprint density at radius 1 is 0.730 bits per heavy atom. The summed E-state index contributed by atoms with van der Waals surface area (Å²) >= 11 is 0. The zero-order valence-corrected chi connectivity index (χ0v) is 21.6. The van der Waals surface area contributed by atoms with Crippen molar-refractivity contribution in [2.45, 2.75) is 31.6 Å². The van der Waals surface area contributed by atoms with Gasteiger partial charge in [0, 0.05) is 48.9 Å². The molecule has 1 atom stereocenters. The van der Waals surface area contributed by atoms with Crippen molar-refractivity contribution in [3.8, 4) is 0 Å². The Kier molecular flexibility index (Phi) is 7.51. The highest BCUT2D eigenvalue weighted by atomic mass is 16.1. The van der Waals surface area contributed by atoms with Crippen LogP contribution in [0, 0.1) is 6.92 Å². The molecule has 0 spiro atoms. The van der Waals surface area contributed by atoms with Crippen LogP contribution in [0.1, 0.15) is 52.5 Å². The van der Waals surface area contributed by atoms with E-state index in [4.69, 9.17) is 0 Å². The number of aromatic nitrogens is 1. The monoisotopic (exact) mass is 486 g/mol. The lowest BCUT2D eigenvalue weighted by Gasteiger charge is -2.20. The van der Waals surface area contributed by atoms with E-state index in [1.807, 2.05) is 12.1 Å². The van der Waals surface area contributed by atoms with Crippen LogP contribution in [0.4, 0.5) is 0 Å². The molecule has 0 fully saturated rings. The van der Waals surface area contributed by atoms with Crippen molar-refractivity contribution in [1.29, 1.82) is 0 Å². The molecule has 1 heterocycles. The van der Waals surface area contributed by atoms with Gasteiger partial charge in [-0.05, 0) is 41.7 Å². The van der Waals surface area contributed by atoms with Crippen LogP contribution >= 0.6 is 0 Å². The normalized spacial score (nSPS) is 12.1. The Hall–Kier alpha value is -4.11. The van der Waals surface area contributed by atoms with Crippen molar-refractivity contribution in [1.82, 2.24) is 9.88 Å². The molecule has 0 unspecified atom stereocenters. The molecule has 0 bridgehead atoms. The molecule has 4 aromatic carbocycles. The average molecular weight is 487 g/mol. The first kappa shape index (κ1) is 24.6. The minimum atomic E-state index is -0.00857. The van der Waals surface area contributed by atoms with Gasteiger partial charge in [0.2, 0.25) is 5.91 Å². The number of hydrogen-bond donors (Lipinski definition) is 1. The van der Waals surface area contributed by atoms with Gasteiger partial charge in [0.1, 0.15) is 0 Å². The maximum atomic E-state index is 13.3. The number of rotatable bonds is 9. The van der Waals surface area contributed by atoms with Crippen molar-refractivity contribution < 1.29 is 4.79 Å². The second-order valence-corrected chi connectivity index (χ2v) is 9.89. The predicted molar refractivity (Wildman–Crippen MR) is 153 cm³/mol. The predicted octanol–water partition coefficient (Wildman–Crippen LogP) is 7.35. The average Bonchev–Trinajstić information content (AvgIpc) is 3.27. The van der Waals surface area contributed by atoms with Gasteiger partial charge < -0.3 is 9.88 Å². The summed E-state index contributed by atoms with van der Waals surface area (Å²) in [5, 5.41) is 4.45. The number of aryl methyl sites for hydroxylation is 2. The van der Waals surface area contributed by atoms with Gasteiger partial charge in [-0.2, -0.15) is 0 Å². The van der Waals surface area contributed by atoms with Crippen LogP contribution in [-0.2, 0) is 11.8 Å². The summed E-state index contributed by atoms with van der Waals surface area (Å²) < 4.78 is 2.16. The first-order chi connectivity index (χ1) is 18.1. The topological polar surface area (TPSA) is 34.0 Å². The summed E-state index contributed by atoms with van der Waals surface area (Å²) in [7, 11) is 2.07. The molecular weight excluding hydrogens is 452 g/mol. The number of amides is 1. The number of carbonyl (C=O) groups excluding carboxylic acids is 1. The van der Waals surface area contributed by atoms with Gasteiger partial charge in [0.25, 0.3) is 0 Å². The Bertz CT molecular complexity index is 1410. The van der Waals surface area contributed by atoms with Crippen LogP contribution in [0.3, 0.4) is 0 Å². The molecule has 37 heavy (non-hydrogen) atoms. The summed E-state index contributed by atoms with van der Waals surface area (Å²) in [6.07, 6.45) is 3.45. The fraction of sp³-hybridized carbons (Fsp3) is 0.206. The molecule has 5 rings (SSSR count). The fourth-order valence-electron chi connectivity index (χ4n) is 5.37. The van der Waals surface area contributed by atoms with Crippen molar-refractivity contribution >= 4 is 16.8 Å². The molecule has 3 nitrogen and oxygen atoms in total. The maximum Gasteiger partial charge on any atom is 0.220 e. The summed E-state index contributed by atoms with van der Waals surface area (Å²) in [5.41, 5.74) is 7.32. The van der Waals surface area contributed by atoms with E-state index in [2.05, 4.69) is 127 Å². The number of fused-ring (bicyclic) bond motifs is 1. The van der Waals surface area contributed by atoms with Gasteiger partial charge >= 0.3 is 0 Å². The van der Waals surface area contributed by atoms with Gasteiger partial charge in [-0.3, -0.25) is 4.79 Å². The molecule has 0 aliphatic carbocycles. The minimum absolute atomic E-state index is 0.00857. The number of para-hydroxylation sites is 1. The van der Waals surface area contributed by atoms with E-state index in [9.17, 15) is 4.79 Å². The smallest absolute Gasteiger partial charge is 0.220 e. The fourth-order valence-corrected chi connectivity index (χ4v) is 5.37. The van der Waals surface area contributed by atoms with Crippen LogP contribution in [0.5, 0.6) is 0 Å². The van der Waals surface area contributed by atoms with Crippen LogP contribution in [0.25, 0.3) is 10.9 Å². The van der Waals surface area contributed by atoms with Crippen molar-refractivity contribution in [2.75, 3.05) is 6.54 Å². The number of nitrogens with one attached hydrogen (secondary N) is 1. The van der Waals surface area contributed by atoms with E-state index >= 15 is 0 Å². The third kappa shape index (κ3) is 5.67. The standard InChI is InChI=1S/C34H34N2O/c1-25-17-19-28(20-18-25)31(32-24-36(2)33-16-10-9-15-30(32)33)23-34(37)35-22-21-29(26-11-5-3-6-12-26)27-13-7-4-8-14-27/h3-20,24,29,31H,21-23H2,1-2H3,(H,35,37)/t31-/m0/s1. The van der Waals surface area contributed by atoms with E-state index in [1.165, 1.54) is 38.7 Å². The largest absolute Gasteiger partial charge is 0.356 e. The van der Waals surface area contributed by atoms with Gasteiger partial charge in [-0.1, -0.05) is 109 Å². The van der Waals surface area contributed by atoms with Gasteiger partial charge in [0.05, 0.1) is 0 Å². The molecule has 1 N–H and O–H groups in total. The van der Waals surface area contributed by atoms with E-state index in [-0.39, 0.29) is 17.7 Å². The number of carbonyl (C=O) groups is 1. The second-order valence-electron chi connectivity index (χ2n) is 9.89. The summed E-state index contributed by atoms with van der Waals surface area (Å²) in [6, 6.07) is 38.2. The highest BCUT2D eigenvalue weighted by molar-refractivity contribution is 5.86. The molecule has 0 saturated carbocycles. The number of benzene rings is 4. The molecule has 186 valence electrons. The molecule has 5 aromatic rings.